The predicted octanol–water partition coefficient (Wildman–Crippen LogP) is 4.14. The molecule has 3 aliphatic heterocycles. The Balaban J connectivity index is 1.24. The Morgan fingerprint density at radius 3 is 2.45 bits per heavy atom. The van der Waals surface area contributed by atoms with Crippen molar-refractivity contribution < 1.29 is 38.4 Å². The first kappa shape index (κ1) is 29.4. The van der Waals surface area contributed by atoms with Crippen LogP contribution >= 0.6 is 0 Å². The summed E-state index contributed by atoms with van der Waals surface area (Å²) in [6.45, 7) is 5.55. The maximum Gasteiger partial charge on any atom is 0.323 e. The summed E-state index contributed by atoms with van der Waals surface area (Å²) in [5.41, 5.74) is 2.23. The van der Waals surface area contributed by atoms with E-state index >= 15 is 0 Å². The van der Waals surface area contributed by atoms with Crippen LogP contribution in [0.1, 0.15) is 29.8 Å². The van der Waals surface area contributed by atoms with Crippen LogP contribution in [0.2, 0.25) is 0 Å². The van der Waals surface area contributed by atoms with Gasteiger partial charge in [-0.25, -0.2) is 4.79 Å². The Morgan fingerprint density at radius 2 is 1.70 bits per heavy atom. The number of rotatable bonds is 8. The first-order valence-electron chi connectivity index (χ1n) is 14.5. The zero-order valence-electron chi connectivity index (χ0n) is 24.9. The number of urea groups is 1. The molecular formula is C32H36N4O8. The van der Waals surface area contributed by atoms with E-state index < -0.39 is 12.1 Å². The fourth-order valence-corrected chi connectivity index (χ4v) is 5.54. The Hall–Kier alpha value is -4.68. The predicted molar refractivity (Wildman–Crippen MR) is 162 cm³/mol. The van der Waals surface area contributed by atoms with Gasteiger partial charge in [-0.05, 0) is 55.9 Å². The largest absolute Gasteiger partial charge is 0.486 e. The molecule has 44 heavy (non-hydrogen) atoms. The van der Waals surface area contributed by atoms with E-state index in [0.29, 0.717) is 48.1 Å². The second-order valence-corrected chi connectivity index (χ2v) is 11.3. The number of amides is 3. The van der Waals surface area contributed by atoms with E-state index in [0.717, 1.165) is 17.1 Å². The first-order valence-corrected chi connectivity index (χ1v) is 14.5. The molecule has 0 saturated carbocycles. The summed E-state index contributed by atoms with van der Waals surface area (Å²) in [6.07, 6.45) is -0.353. The number of likely N-dealkylation sites (N-methyl/N-ethyl adjacent to an activating group) is 1. The molecule has 3 aromatic carbocycles. The molecule has 3 amide bonds. The molecule has 3 atom stereocenters. The molecule has 0 unspecified atom stereocenters. The minimum atomic E-state index is -0.513. The van der Waals surface area contributed by atoms with Crippen LogP contribution in [0.25, 0.3) is 0 Å². The van der Waals surface area contributed by atoms with Crippen molar-refractivity contribution >= 4 is 23.3 Å². The second kappa shape index (κ2) is 12.5. The van der Waals surface area contributed by atoms with Crippen LogP contribution in [0.4, 0.5) is 16.2 Å². The third kappa shape index (κ3) is 6.17. The van der Waals surface area contributed by atoms with Gasteiger partial charge in [-0.3, -0.25) is 9.69 Å². The Morgan fingerprint density at radius 1 is 1.00 bits per heavy atom. The molecule has 3 aromatic rings. The van der Waals surface area contributed by atoms with Gasteiger partial charge in [0.1, 0.15) is 6.10 Å². The number of nitrogens with zero attached hydrogens (tertiary/aromatic N) is 2. The van der Waals surface area contributed by atoms with Gasteiger partial charge >= 0.3 is 6.03 Å². The van der Waals surface area contributed by atoms with Crippen molar-refractivity contribution in [3.05, 3.63) is 65.7 Å². The molecule has 3 heterocycles. The Kier molecular flexibility index (Phi) is 8.36. The average molecular weight is 605 g/mol. The number of fused-ring (bicyclic) bond motifs is 3. The van der Waals surface area contributed by atoms with Crippen LogP contribution in [0, 0.1) is 5.92 Å². The number of aliphatic hydroxyl groups is 1. The van der Waals surface area contributed by atoms with Crippen molar-refractivity contribution in [2.45, 2.75) is 32.5 Å². The van der Waals surface area contributed by atoms with E-state index in [9.17, 15) is 14.7 Å². The summed E-state index contributed by atoms with van der Waals surface area (Å²) < 4.78 is 28.4. The number of nitrogens with one attached hydrogen (secondary N) is 2. The minimum absolute atomic E-state index is 0.101. The summed E-state index contributed by atoms with van der Waals surface area (Å²) in [7, 11) is 2.00. The average Bonchev–Trinajstić information content (AvgIpc) is 3.68. The lowest BCUT2D eigenvalue weighted by atomic mass is 9.99. The van der Waals surface area contributed by atoms with Gasteiger partial charge in [-0.1, -0.05) is 19.1 Å². The molecule has 0 spiro atoms. The molecule has 0 fully saturated rings. The summed E-state index contributed by atoms with van der Waals surface area (Å²) in [5, 5.41) is 15.6. The number of hydrogen-bond donors (Lipinski definition) is 3. The third-order valence-corrected chi connectivity index (χ3v) is 7.95. The maximum atomic E-state index is 13.8. The number of para-hydroxylation sites is 1. The zero-order chi connectivity index (χ0) is 30.8. The van der Waals surface area contributed by atoms with Crippen LogP contribution < -0.4 is 34.3 Å². The number of benzene rings is 3. The maximum absolute atomic E-state index is 13.8. The first-order chi connectivity index (χ1) is 21.3. The van der Waals surface area contributed by atoms with Gasteiger partial charge in [0.2, 0.25) is 13.6 Å². The monoisotopic (exact) mass is 604 g/mol. The van der Waals surface area contributed by atoms with Gasteiger partial charge in [-0.15, -0.1) is 0 Å². The Labute approximate surface area is 255 Å². The van der Waals surface area contributed by atoms with Crippen LogP contribution in [0.3, 0.4) is 0 Å². The van der Waals surface area contributed by atoms with E-state index in [1.807, 2.05) is 39.1 Å². The summed E-state index contributed by atoms with van der Waals surface area (Å²) in [5.74, 6) is 2.51. The van der Waals surface area contributed by atoms with Crippen molar-refractivity contribution in [3.63, 3.8) is 0 Å². The molecule has 12 heteroatoms. The number of ether oxygens (including phenoxy) is 5. The quantitative estimate of drug-likeness (QED) is 0.347. The number of aliphatic hydroxyl groups excluding tert-OH is 1. The highest BCUT2D eigenvalue weighted by Crippen LogP contribution is 2.37. The zero-order valence-corrected chi connectivity index (χ0v) is 24.9. The van der Waals surface area contributed by atoms with Crippen molar-refractivity contribution in [2.75, 3.05) is 51.0 Å². The number of carbonyl (C=O) groups excluding carboxylic acids is 2. The fraction of sp³-hybridized carbons (Fsp3) is 0.375. The topological polar surface area (TPSA) is 131 Å². The van der Waals surface area contributed by atoms with Gasteiger partial charge in [0.15, 0.2) is 28.7 Å². The highest BCUT2D eigenvalue weighted by Gasteiger charge is 2.34. The van der Waals surface area contributed by atoms with Crippen LogP contribution in [0.15, 0.2) is 54.6 Å². The van der Waals surface area contributed by atoms with Gasteiger partial charge in [0.05, 0.1) is 23.9 Å². The van der Waals surface area contributed by atoms with E-state index in [1.165, 1.54) is 0 Å². The lowest BCUT2D eigenvalue weighted by Gasteiger charge is -2.38. The van der Waals surface area contributed by atoms with Crippen LogP contribution in [0.5, 0.6) is 28.7 Å². The van der Waals surface area contributed by atoms with Crippen molar-refractivity contribution in [3.8, 4) is 28.7 Å². The van der Waals surface area contributed by atoms with Gasteiger partial charge in [0.25, 0.3) is 5.91 Å². The van der Waals surface area contributed by atoms with Gasteiger partial charge < -0.3 is 44.3 Å². The number of carbonyl (C=O) groups is 2. The highest BCUT2D eigenvalue weighted by molar-refractivity contribution is 6.04. The number of hydrogen-bond acceptors (Lipinski definition) is 9. The summed E-state index contributed by atoms with van der Waals surface area (Å²) in [4.78, 5) is 30.7. The SMILES string of the molecule is C[C@H]1CN([C@@H](C)CO)C(=O)c2cccc(NC(=O)Nc3ccc4c(c3)OCO4)c2O[C@@H]1CN(C)Cc1ccc2c(c1)OCO2. The smallest absolute Gasteiger partial charge is 0.323 e. The van der Waals surface area contributed by atoms with E-state index in [4.69, 9.17) is 23.7 Å². The summed E-state index contributed by atoms with van der Waals surface area (Å²) >= 11 is 0. The highest BCUT2D eigenvalue weighted by atomic mass is 16.7. The fourth-order valence-electron chi connectivity index (χ4n) is 5.54. The molecule has 3 aliphatic rings. The third-order valence-electron chi connectivity index (χ3n) is 7.95. The molecule has 12 nitrogen and oxygen atoms in total. The molecule has 3 N–H and O–H groups in total. The van der Waals surface area contributed by atoms with Gasteiger partial charge in [-0.2, -0.15) is 0 Å². The van der Waals surface area contributed by atoms with Crippen LogP contribution in [-0.4, -0.2) is 79.3 Å². The van der Waals surface area contributed by atoms with Crippen molar-refractivity contribution in [1.29, 1.82) is 0 Å². The van der Waals surface area contributed by atoms with E-state index in [2.05, 4.69) is 15.5 Å². The van der Waals surface area contributed by atoms with Crippen LogP contribution in [-0.2, 0) is 6.54 Å². The molecule has 6 rings (SSSR count). The molecule has 0 bridgehead atoms. The van der Waals surface area contributed by atoms with Gasteiger partial charge in [0, 0.05) is 37.3 Å². The lowest BCUT2D eigenvalue weighted by Crippen LogP contribution is -2.49. The van der Waals surface area contributed by atoms with E-state index in [1.54, 1.807) is 41.3 Å². The minimum Gasteiger partial charge on any atom is -0.486 e. The Bertz CT molecular complexity index is 1550. The van der Waals surface area contributed by atoms with E-state index in [-0.39, 0.29) is 43.9 Å². The second-order valence-electron chi connectivity index (χ2n) is 11.3. The molecule has 0 aromatic heterocycles. The molecule has 232 valence electrons. The molecular weight excluding hydrogens is 568 g/mol. The molecule has 0 saturated heterocycles. The normalized spacial score (nSPS) is 19.1. The van der Waals surface area contributed by atoms with Crippen molar-refractivity contribution in [1.82, 2.24) is 9.80 Å². The summed E-state index contributed by atoms with van der Waals surface area (Å²) in [6, 6.07) is 15.2. The number of anilines is 2. The standard InChI is InChI=1S/C32H36N4O8/c1-19-13-36(20(2)16-37)31(38)23-5-4-6-24(34-32(39)33-22-8-10-26-28(12-22)43-18-41-26)30(23)44-29(19)15-35(3)14-21-7-9-25-27(11-21)42-17-40-25/h4-12,19-20,29,37H,13-18H2,1-3H3,(H2,33,34,39)/t19-,20-,29+/m0/s1. The van der Waals surface area contributed by atoms with Crippen molar-refractivity contribution in [2.24, 2.45) is 5.92 Å². The molecule has 0 radical (unpaired) electrons. The molecule has 0 aliphatic carbocycles. The lowest BCUT2D eigenvalue weighted by molar-refractivity contribution is 0.0343.